The maximum absolute atomic E-state index is 12.0. The fourth-order valence-electron chi connectivity index (χ4n) is 2.76. The third-order valence-corrected chi connectivity index (χ3v) is 4.68. The molecular formula is C21H25N3O2. The van der Waals surface area contributed by atoms with E-state index < -0.39 is 0 Å². The topological polar surface area (TPSA) is 67.0 Å². The summed E-state index contributed by atoms with van der Waals surface area (Å²) in [5.41, 5.74) is 6.83. The van der Waals surface area contributed by atoms with Gasteiger partial charge in [-0.15, -0.1) is 0 Å². The molecule has 0 fully saturated rings. The summed E-state index contributed by atoms with van der Waals surface area (Å²) >= 11 is 0. The van der Waals surface area contributed by atoms with E-state index in [-0.39, 0.29) is 12.5 Å². The SMILES string of the molecule is Cc1ccc(OCC(=O)NCCc2nc3cc(C)c(C)cc3[nH]2)cc1C. The minimum atomic E-state index is -0.133. The van der Waals surface area contributed by atoms with Crippen molar-refractivity contribution in [1.29, 1.82) is 0 Å². The predicted octanol–water partition coefficient (Wildman–Crippen LogP) is 3.53. The molecule has 0 bridgehead atoms. The molecule has 5 heteroatoms. The standard InChI is InChI=1S/C21H25N3O2/c1-13-5-6-17(9-14(13)2)26-12-21(25)22-8-7-20-23-18-10-15(3)16(4)11-19(18)24-20/h5-6,9-11H,7-8,12H2,1-4H3,(H,22,25)(H,23,24). The van der Waals surface area contributed by atoms with Crippen molar-refractivity contribution in [2.24, 2.45) is 0 Å². The molecule has 0 atom stereocenters. The molecule has 1 heterocycles. The third kappa shape index (κ3) is 4.23. The molecule has 0 aliphatic heterocycles. The largest absolute Gasteiger partial charge is 0.484 e. The summed E-state index contributed by atoms with van der Waals surface area (Å²) in [5.74, 6) is 1.46. The van der Waals surface area contributed by atoms with Crippen molar-refractivity contribution in [1.82, 2.24) is 15.3 Å². The molecular weight excluding hydrogens is 326 g/mol. The van der Waals surface area contributed by atoms with Gasteiger partial charge in [-0.3, -0.25) is 4.79 Å². The normalized spacial score (nSPS) is 10.9. The highest BCUT2D eigenvalue weighted by molar-refractivity contribution is 5.78. The van der Waals surface area contributed by atoms with Crippen LogP contribution in [-0.2, 0) is 11.2 Å². The quantitative estimate of drug-likeness (QED) is 0.714. The number of fused-ring (bicyclic) bond motifs is 1. The van der Waals surface area contributed by atoms with Crippen LogP contribution in [0.15, 0.2) is 30.3 Å². The smallest absolute Gasteiger partial charge is 0.257 e. The van der Waals surface area contributed by atoms with Gasteiger partial charge in [-0.25, -0.2) is 4.98 Å². The van der Waals surface area contributed by atoms with Gasteiger partial charge < -0.3 is 15.0 Å². The first-order valence-corrected chi connectivity index (χ1v) is 8.85. The Bertz CT molecular complexity index is 905. The summed E-state index contributed by atoms with van der Waals surface area (Å²) < 4.78 is 5.55. The van der Waals surface area contributed by atoms with Crippen LogP contribution in [0.5, 0.6) is 5.75 Å². The summed E-state index contributed by atoms with van der Waals surface area (Å²) in [7, 11) is 0. The van der Waals surface area contributed by atoms with Crippen molar-refractivity contribution in [3.05, 3.63) is 58.4 Å². The van der Waals surface area contributed by atoms with E-state index in [1.807, 2.05) is 32.0 Å². The minimum absolute atomic E-state index is 0.0149. The van der Waals surface area contributed by atoms with Crippen LogP contribution in [0.2, 0.25) is 0 Å². The maximum atomic E-state index is 12.0. The molecule has 2 aromatic carbocycles. The number of carbonyl (C=O) groups is 1. The fraction of sp³-hybridized carbons (Fsp3) is 0.333. The number of nitrogens with zero attached hydrogens (tertiary/aromatic N) is 1. The van der Waals surface area contributed by atoms with E-state index in [1.54, 1.807) is 0 Å². The Kier molecular flexibility index (Phi) is 5.26. The molecule has 0 radical (unpaired) electrons. The zero-order valence-electron chi connectivity index (χ0n) is 15.8. The van der Waals surface area contributed by atoms with Gasteiger partial charge in [0.2, 0.25) is 0 Å². The molecule has 26 heavy (non-hydrogen) atoms. The second kappa shape index (κ2) is 7.60. The second-order valence-electron chi connectivity index (χ2n) is 6.77. The van der Waals surface area contributed by atoms with Crippen LogP contribution in [0, 0.1) is 27.7 Å². The molecule has 0 spiro atoms. The van der Waals surface area contributed by atoms with Crippen LogP contribution < -0.4 is 10.1 Å². The van der Waals surface area contributed by atoms with Crippen molar-refractivity contribution in [2.45, 2.75) is 34.1 Å². The average molecular weight is 351 g/mol. The van der Waals surface area contributed by atoms with E-state index in [9.17, 15) is 4.79 Å². The minimum Gasteiger partial charge on any atom is -0.484 e. The van der Waals surface area contributed by atoms with Crippen molar-refractivity contribution in [3.63, 3.8) is 0 Å². The van der Waals surface area contributed by atoms with Crippen molar-refractivity contribution < 1.29 is 9.53 Å². The van der Waals surface area contributed by atoms with E-state index in [1.165, 1.54) is 16.7 Å². The fourth-order valence-corrected chi connectivity index (χ4v) is 2.76. The highest BCUT2D eigenvalue weighted by Gasteiger charge is 2.07. The number of aryl methyl sites for hydroxylation is 4. The Hall–Kier alpha value is -2.82. The summed E-state index contributed by atoms with van der Waals surface area (Å²) in [5, 5.41) is 2.87. The summed E-state index contributed by atoms with van der Waals surface area (Å²) in [6.07, 6.45) is 0.655. The summed E-state index contributed by atoms with van der Waals surface area (Å²) in [6, 6.07) is 10.0. The van der Waals surface area contributed by atoms with Gasteiger partial charge in [0.1, 0.15) is 11.6 Å². The Balaban J connectivity index is 1.48. The number of aromatic nitrogens is 2. The Morgan fingerprint density at radius 3 is 2.54 bits per heavy atom. The summed E-state index contributed by atoms with van der Waals surface area (Å²) in [6.45, 7) is 8.78. The predicted molar refractivity (Wildman–Crippen MR) is 104 cm³/mol. The van der Waals surface area contributed by atoms with Crippen LogP contribution in [-0.4, -0.2) is 29.0 Å². The number of H-pyrrole nitrogens is 1. The van der Waals surface area contributed by atoms with E-state index in [0.29, 0.717) is 18.7 Å². The van der Waals surface area contributed by atoms with Crippen LogP contribution >= 0.6 is 0 Å². The lowest BCUT2D eigenvalue weighted by molar-refractivity contribution is -0.123. The molecule has 1 amide bonds. The molecule has 0 aliphatic carbocycles. The Labute approximate surface area is 153 Å². The van der Waals surface area contributed by atoms with Crippen LogP contribution in [0.3, 0.4) is 0 Å². The number of carbonyl (C=O) groups excluding carboxylic acids is 1. The van der Waals surface area contributed by atoms with Gasteiger partial charge in [-0.2, -0.15) is 0 Å². The number of hydrogen-bond donors (Lipinski definition) is 2. The second-order valence-corrected chi connectivity index (χ2v) is 6.77. The van der Waals surface area contributed by atoms with E-state index in [2.05, 4.69) is 41.3 Å². The number of imidazole rings is 1. The highest BCUT2D eigenvalue weighted by Crippen LogP contribution is 2.18. The lowest BCUT2D eigenvalue weighted by atomic mass is 10.1. The zero-order valence-corrected chi connectivity index (χ0v) is 15.8. The first-order chi connectivity index (χ1) is 12.4. The van der Waals surface area contributed by atoms with Gasteiger partial charge in [0.15, 0.2) is 6.61 Å². The molecule has 3 aromatic rings. The number of rotatable bonds is 6. The molecule has 1 aromatic heterocycles. The number of benzene rings is 2. The highest BCUT2D eigenvalue weighted by atomic mass is 16.5. The molecule has 3 rings (SSSR count). The van der Waals surface area contributed by atoms with Crippen molar-refractivity contribution in [2.75, 3.05) is 13.2 Å². The molecule has 0 aliphatic rings. The lowest BCUT2D eigenvalue weighted by Crippen LogP contribution is -2.30. The zero-order chi connectivity index (χ0) is 18.7. The number of aromatic amines is 1. The number of ether oxygens (including phenoxy) is 1. The van der Waals surface area contributed by atoms with Crippen molar-refractivity contribution in [3.8, 4) is 5.75 Å². The van der Waals surface area contributed by atoms with Crippen LogP contribution in [0.25, 0.3) is 11.0 Å². The monoisotopic (exact) mass is 351 g/mol. The van der Waals surface area contributed by atoms with Gasteiger partial charge in [-0.1, -0.05) is 6.07 Å². The van der Waals surface area contributed by atoms with E-state index in [0.717, 1.165) is 22.4 Å². The first-order valence-electron chi connectivity index (χ1n) is 8.85. The maximum Gasteiger partial charge on any atom is 0.257 e. The molecule has 5 nitrogen and oxygen atoms in total. The number of nitrogens with one attached hydrogen (secondary N) is 2. The van der Waals surface area contributed by atoms with E-state index >= 15 is 0 Å². The average Bonchev–Trinajstić information content (AvgIpc) is 2.98. The number of amides is 1. The molecule has 0 saturated carbocycles. The van der Waals surface area contributed by atoms with Gasteiger partial charge in [0, 0.05) is 13.0 Å². The first kappa shape index (κ1) is 18.0. The Morgan fingerprint density at radius 1 is 1.04 bits per heavy atom. The van der Waals surface area contributed by atoms with Crippen LogP contribution in [0.4, 0.5) is 0 Å². The van der Waals surface area contributed by atoms with E-state index in [4.69, 9.17) is 4.74 Å². The molecule has 2 N–H and O–H groups in total. The Morgan fingerprint density at radius 2 is 1.77 bits per heavy atom. The molecule has 0 unspecified atom stereocenters. The molecule has 136 valence electrons. The number of hydrogen-bond acceptors (Lipinski definition) is 3. The van der Waals surface area contributed by atoms with Gasteiger partial charge in [0.05, 0.1) is 11.0 Å². The van der Waals surface area contributed by atoms with Gasteiger partial charge in [0.25, 0.3) is 5.91 Å². The van der Waals surface area contributed by atoms with Gasteiger partial charge in [-0.05, 0) is 74.2 Å². The third-order valence-electron chi connectivity index (χ3n) is 4.68. The summed E-state index contributed by atoms with van der Waals surface area (Å²) in [4.78, 5) is 19.9. The van der Waals surface area contributed by atoms with Crippen molar-refractivity contribution >= 4 is 16.9 Å². The lowest BCUT2D eigenvalue weighted by Gasteiger charge is -2.08. The van der Waals surface area contributed by atoms with Gasteiger partial charge >= 0.3 is 0 Å². The van der Waals surface area contributed by atoms with Crippen LogP contribution in [0.1, 0.15) is 28.1 Å². The molecule has 0 saturated heterocycles.